The van der Waals surface area contributed by atoms with Crippen molar-refractivity contribution in [3.8, 4) is 0 Å². The third kappa shape index (κ3) is 1.90. The smallest absolute Gasteiger partial charge is 0.0726 e. The van der Waals surface area contributed by atoms with Gasteiger partial charge in [0.1, 0.15) is 0 Å². The van der Waals surface area contributed by atoms with E-state index in [2.05, 4.69) is 39.8 Å². The van der Waals surface area contributed by atoms with Crippen LogP contribution in [0, 0.1) is 5.41 Å². The number of aromatic nitrogens is 1. The number of para-hydroxylation sites is 1. The number of hydrogen-bond acceptors (Lipinski definition) is 2. The molecule has 0 saturated heterocycles. The zero-order valence-corrected chi connectivity index (χ0v) is 12.2. The van der Waals surface area contributed by atoms with Gasteiger partial charge in [0, 0.05) is 22.3 Å². The van der Waals surface area contributed by atoms with E-state index in [1.807, 2.05) is 12.1 Å². The standard InChI is InChI=1S/C17H22N2/c1-16(2)9-13-14(17(3,4)10-16)15(18)11-7-5-6-8-12(11)19-13/h5-8H,9-10H2,1-4H3,(H2,18,19). The second kappa shape index (κ2) is 3.72. The summed E-state index contributed by atoms with van der Waals surface area (Å²) in [6.45, 7) is 9.23. The molecule has 0 amide bonds. The first-order valence-electron chi connectivity index (χ1n) is 6.98. The Balaban J connectivity index is 2.35. The minimum atomic E-state index is 0.0954. The van der Waals surface area contributed by atoms with Crippen molar-refractivity contribution < 1.29 is 0 Å². The third-order valence-electron chi connectivity index (χ3n) is 4.25. The second-order valence-corrected chi connectivity index (χ2v) is 7.27. The average molecular weight is 254 g/mol. The third-order valence-corrected chi connectivity index (χ3v) is 4.25. The number of benzene rings is 1. The summed E-state index contributed by atoms with van der Waals surface area (Å²) in [4.78, 5) is 4.89. The first-order valence-corrected chi connectivity index (χ1v) is 6.98. The highest BCUT2D eigenvalue weighted by Crippen LogP contribution is 2.48. The van der Waals surface area contributed by atoms with Crippen molar-refractivity contribution >= 4 is 16.6 Å². The summed E-state index contributed by atoms with van der Waals surface area (Å²) in [6.07, 6.45) is 2.16. The zero-order chi connectivity index (χ0) is 13.8. The van der Waals surface area contributed by atoms with E-state index in [1.54, 1.807) is 0 Å². The quantitative estimate of drug-likeness (QED) is 0.769. The van der Waals surface area contributed by atoms with Crippen LogP contribution in [0.5, 0.6) is 0 Å². The van der Waals surface area contributed by atoms with Gasteiger partial charge >= 0.3 is 0 Å². The molecule has 0 unspecified atom stereocenters. The van der Waals surface area contributed by atoms with Crippen molar-refractivity contribution in [1.29, 1.82) is 0 Å². The van der Waals surface area contributed by atoms with E-state index in [4.69, 9.17) is 10.7 Å². The Hall–Kier alpha value is -1.57. The molecule has 0 radical (unpaired) electrons. The van der Waals surface area contributed by atoms with E-state index < -0.39 is 0 Å². The molecular formula is C17H22N2. The van der Waals surface area contributed by atoms with Gasteiger partial charge in [-0.3, -0.25) is 4.98 Å². The molecule has 0 aliphatic heterocycles. The van der Waals surface area contributed by atoms with Crippen LogP contribution in [-0.2, 0) is 11.8 Å². The van der Waals surface area contributed by atoms with E-state index in [9.17, 15) is 0 Å². The van der Waals surface area contributed by atoms with Crippen molar-refractivity contribution in [2.24, 2.45) is 5.41 Å². The topological polar surface area (TPSA) is 38.9 Å². The zero-order valence-electron chi connectivity index (χ0n) is 12.2. The number of nitrogens with two attached hydrogens (primary N) is 1. The normalized spacial score (nSPS) is 20.2. The molecule has 2 nitrogen and oxygen atoms in total. The lowest BCUT2D eigenvalue weighted by Gasteiger charge is -2.42. The van der Waals surface area contributed by atoms with E-state index in [0.29, 0.717) is 5.41 Å². The van der Waals surface area contributed by atoms with Gasteiger partial charge in [0.05, 0.1) is 5.52 Å². The molecule has 0 atom stereocenters. The lowest BCUT2D eigenvalue weighted by Crippen LogP contribution is -2.36. The van der Waals surface area contributed by atoms with Crippen LogP contribution in [0.4, 0.5) is 5.69 Å². The first kappa shape index (κ1) is 12.5. The molecule has 100 valence electrons. The van der Waals surface area contributed by atoms with Crippen LogP contribution in [0.3, 0.4) is 0 Å². The summed E-state index contributed by atoms with van der Waals surface area (Å²) in [7, 11) is 0. The lowest BCUT2D eigenvalue weighted by molar-refractivity contribution is 0.229. The molecule has 19 heavy (non-hydrogen) atoms. The molecule has 1 heterocycles. The van der Waals surface area contributed by atoms with Crippen molar-refractivity contribution in [3.05, 3.63) is 35.5 Å². The Morgan fingerprint density at radius 3 is 2.53 bits per heavy atom. The maximum Gasteiger partial charge on any atom is 0.0726 e. The van der Waals surface area contributed by atoms with Crippen LogP contribution >= 0.6 is 0 Å². The molecule has 2 N–H and O–H groups in total. The van der Waals surface area contributed by atoms with Gasteiger partial charge in [-0.2, -0.15) is 0 Å². The number of nitrogen functional groups attached to an aromatic ring is 1. The fourth-order valence-electron chi connectivity index (χ4n) is 3.97. The van der Waals surface area contributed by atoms with E-state index >= 15 is 0 Å². The Morgan fingerprint density at radius 2 is 1.79 bits per heavy atom. The summed E-state index contributed by atoms with van der Waals surface area (Å²) >= 11 is 0. The Bertz CT molecular complexity index is 654. The van der Waals surface area contributed by atoms with Gasteiger partial charge in [-0.15, -0.1) is 0 Å². The van der Waals surface area contributed by atoms with Crippen molar-refractivity contribution in [2.75, 3.05) is 5.73 Å². The first-order chi connectivity index (χ1) is 8.80. The Labute approximate surface area is 115 Å². The molecule has 1 aromatic carbocycles. The molecule has 0 bridgehead atoms. The Kier molecular flexibility index (Phi) is 2.44. The monoisotopic (exact) mass is 254 g/mol. The molecule has 3 rings (SSSR count). The molecule has 1 aromatic heterocycles. The number of anilines is 1. The summed E-state index contributed by atoms with van der Waals surface area (Å²) in [5.41, 5.74) is 11.3. The maximum absolute atomic E-state index is 6.46. The van der Waals surface area contributed by atoms with Gasteiger partial charge in [0.15, 0.2) is 0 Å². The molecule has 2 aromatic rings. The molecule has 0 fully saturated rings. The minimum absolute atomic E-state index is 0.0954. The molecular weight excluding hydrogens is 232 g/mol. The number of hydrogen-bond donors (Lipinski definition) is 1. The van der Waals surface area contributed by atoms with Gasteiger partial charge in [-0.25, -0.2) is 0 Å². The molecule has 1 aliphatic rings. The molecule has 0 saturated carbocycles. The Morgan fingerprint density at radius 1 is 1.11 bits per heavy atom. The second-order valence-electron chi connectivity index (χ2n) is 7.27. The van der Waals surface area contributed by atoms with Gasteiger partial charge < -0.3 is 5.73 Å². The fraction of sp³-hybridized carbons (Fsp3) is 0.471. The largest absolute Gasteiger partial charge is 0.398 e. The van der Waals surface area contributed by atoms with Crippen molar-refractivity contribution in [3.63, 3.8) is 0 Å². The summed E-state index contributed by atoms with van der Waals surface area (Å²) < 4.78 is 0. The molecule has 2 heteroatoms. The highest BCUT2D eigenvalue weighted by molar-refractivity contribution is 5.92. The van der Waals surface area contributed by atoms with Crippen LogP contribution in [-0.4, -0.2) is 4.98 Å². The average Bonchev–Trinajstić information content (AvgIpc) is 2.25. The SMILES string of the molecule is CC1(C)Cc2nc3ccccc3c(N)c2C(C)(C)C1. The van der Waals surface area contributed by atoms with E-state index in [0.717, 1.165) is 29.4 Å². The van der Waals surface area contributed by atoms with Gasteiger partial charge in [-0.1, -0.05) is 45.9 Å². The van der Waals surface area contributed by atoms with Gasteiger partial charge in [-0.05, 0) is 29.7 Å². The van der Waals surface area contributed by atoms with Crippen molar-refractivity contribution in [1.82, 2.24) is 4.98 Å². The summed E-state index contributed by atoms with van der Waals surface area (Å²) in [5.74, 6) is 0. The molecule has 1 aliphatic carbocycles. The van der Waals surface area contributed by atoms with Crippen molar-refractivity contribution in [2.45, 2.75) is 46.0 Å². The van der Waals surface area contributed by atoms with Crippen LogP contribution in [0.15, 0.2) is 24.3 Å². The maximum atomic E-state index is 6.46. The predicted molar refractivity (Wildman–Crippen MR) is 81.3 cm³/mol. The van der Waals surface area contributed by atoms with Crippen LogP contribution < -0.4 is 5.73 Å². The van der Waals surface area contributed by atoms with E-state index in [-0.39, 0.29) is 5.41 Å². The van der Waals surface area contributed by atoms with Crippen LogP contribution in [0.25, 0.3) is 10.9 Å². The van der Waals surface area contributed by atoms with Crippen LogP contribution in [0.2, 0.25) is 0 Å². The molecule has 0 spiro atoms. The minimum Gasteiger partial charge on any atom is -0.398 e. The van der Waals surface area contributed by atoms with Crippen LogP contribution in [0.1, 0.15) is 45.4 Å². The highest BCUT2D eigenvalue weighted by atomic mass is 14.8. The van der Waals surface area contributed by atoms with Gasteiger partial charge in [0.2, 0.25) is 0 Å². The number of nitrogens with zero attached hydrogens (tertiary/aromatic N) is 1. The van der Waals surface area contributed by atoms with E-state index in [1.165, 1.54) is 11.3 Å². The highest BCUT2D eigenvalue weighted by Gasteiger charge is 2.39. The summed E-state index contributed by atoms with van der Waals surface area (Å²) in [6, 6.07) is 8.20. The predicted octanol–water partition coefficient (Wildman–Crippen LogP) is 4.07. The summed E-state index contributed by atoms with van der Waals surface area (Å²) in [5, 5.41) is 1.09. The van der Waals surface area contributed by atoms with Gasteiger partial charge in [0.25, 0.3) is 0 Å². The number of rotatable bonds is 0. The number of fused-ring (bicyclic) bond motifs is 2. The lowest BCUT2D eigenvalue weighted by atomic mass is 9.63. The number of pyridine rings is 1. The fourth-order valence-corrected chi connectivity index (χ4v) is 3.97.